The van der Waals surface area contributed by atoms with Crippen molar-refractivity contribution < 1.29 is 14.6 Å². The van der Waals surface area contributed by atoms with Crippen molar-refractivity contribution in [3.05, 3.63) is 94.7 Å². The lowest BCUT2D eigenvalue weighted by atomic mass is 9.88. The first kappa shape index (κ1) is 25.7. The van der Waals surface area contributed by atoms with Gasteiger partial charge < -0.3 is 20.6 Å². The summed E-state index contributed by atoms with van der Waals surface area (Å²) in [6.45, 7) is 3.61. The average Bonchev–Trinajstić information content (AvgIpc) is 3.62. The lowest BCUT2D eigenvalue weighted by Crippen LogP contribution is -2.19. The number of benzene rings is 3. The number of carbonyl (C=O) groups is 1. The van der Waals surface area contributed by atoms with Crippen LogP contribution < -0.4 is 10.5 Å². The van der Waals surface area contributed by atoms with Crippen LogP contribution >= 0.6 is 0 Å². The Morgan fingerprint density at radius 2 is 1.85 bits per heavy atom. The number of hydrogen-bond donors (Lipinski definition) is 4. The number of tetrazole rings is 1. The number of ether oxygens (including phenoxy) is 1. The fourth-order valence-corrected chi connectivity index (χ4v) is 4.55. The van der Waals surface area contributed by atoms with Gasteiger partial charge in [-0.3, -0.25) is 4.79 Å². The fraction of sp³-hybridized carbons (Fsp3) is 0.200. The van der Waals surface area contributed by atoms with Gasteiger partial charge in [-0.15, -0.1) is 10.2 Å². The minimum atomic E-state index is -0.621. The first-order valence-corrected chi connectivity index (χ1v) is 12.6. The summed E-state index contributed by atoms with van der Waals surface area (Å²) in [7, 11) is 0. The van der Waals surface area contributed by atoms with Crippen LogP contribution in [0.5, 0.6) is 5.75 Å². The predicted molar refractivity (Wildman–Crippen MR) is 148 cm³/mol. The zero-order valence-electron chi connectivity index (χ0n) is 21.6. The maximum Gasteiger partial charge on any atom is 0.252 e. The number of nitrogens with zero attached hydrogens (tertiary/aromatic N) is 3. The molecule has 1 atom stereocenters. The number of H-pyrrole nitrogens is 2. The number of aliphatic hydroxyl groups excluding tert-OH is 1. The quantitative estimate of drug-likeness (QED) is 0.228. The number of aromatic nitrogens is 5. The van der Waals surface area contributed by atoms with E-state index in [0.29, 0.717) is 29.1 Å². The molecule has 0 bridgehead atoms. The fourth-order valence-electron chi connectivity index (χ4n) is 4.55. The third-order valence-electron chi connectivity index (χ3n) is 6.38. The molecule has 5 rings (SSSR count). The number of fused-ring (bicyclic) bond motifs is 1. The maximum atomic E-state index is 12.5. The Labute approximate surface area is 225 Å². The number of rotatable bonds is 8. The van der Waals surface area contributed by atoms with Gasteiger partial charge in [-0.1, -0.05) is 30.0 Å². The molecule has 5 aromatic rings. The number of nitrogens with one attached hydrogen (secondary N) is 2. The number of amides is 1. The summed E-state index contributed by atoms with van der Waals surface area (Å²) in [5, 5.41) is 25.6. The molecule has 0 saturated carbocycles. The van der Waals surface area contributed by atoms with E-state index in [9.17, 15) is 9.90 Å². The molecular formula is C30H28N6O3. The highest BCUT2D eigenvalue weighted by Crippen LogP contribution is 2.35. The molecule has 39 heavy (non-hydrogen) atoms. The molecule has 3 aromatic carbocycles. The third-order valence-corrected chi connectivity index (χ3v) is 6.38. The molecule has 2 heterocycles. The Hall–Kier alpha value is -4.94. The highest BCUT2D eigenvalue weighted by Gasteiger charge is 2.24. The number of hydrogen-bond acceptors (Lipinski definition) is 6. The third kappa shape index (κ3) is 5.66. The Morgan fingerprint density at radius 1 is 1.08 bits per heavy atom. The molecule has 1 amide bonds. The number of nitrogens with two attached hydrogens (primary N) is 1. The van der Waals surface area contributed by atoms with Gasteiger partial charge in [0.15, 0.2) is 0 Å². The van der Waals surface area contributed by atoms with Crippen LogP contribution in [0.3, 0.4) is 0 Å². The van der Waals surface area contributed by atoms with E-state index in [1.165, 1.54) is 0 Å². The number of primary amides is 1. The van der Waals surface area contributed by atoms with E-state index < -0.39 is 5.91 Å². The van der Waals surface area contributed by atoms with Crippen molar-refractivity contribution >= 4 is 16.8 Å². The Kier molecular flexibility index (Phi) is 7.39. The van der Waals surface area contributed by atoms with Gasteiger partial charge in [-0.05, 0) is 73.5 Å². The SMILES string of the molecule is CC(C)Oc1c(C(N)=O)cc(C#Cc2ccc(-c3nn[nH]n3)cc2)cc1[C@H](CO)Cc1c[nH]c2ccccc12. The van der Waals surface area contributed by atoms with Crippen LogP contribution in [0, 0.1) is 11.8 Å². The topological polar surface area (TPSA) is 143 Å². The molecule has 0 unspecified atom stereocenters. The molecule has 0 radical (unpaired) electrons. The molecule has 0 aliphatic rings. The molecule has 9 heteroatoms. The van der Waals surface area contributed by atoms with E-state index in [1.54, 1.807) is 6.07 Å². The summed E-state index contributed by atoms with van der Waals surface area (Å²) in [5.74, 6) is 6.19. The molecule has 0 aliphatic carbocycles. The lowest BCUT2D eigenvalue weighted by molar-refractivity contribution is 0.0994. The van der Waals surface area contributed by atoms with Gasteiger partial charge in [0.05, 0.1) is 18.3 Å². The molecule has 0 spiro atoms. The van der Waals surface area contributed by atoms with Crippen LogP contribution in [0.2, 0.25) is 0 Å². The first-order chi connectivity index (χ1) is 18.9. The largest absolute Gasteiger partial charge is 0.490 e. The molecule has 2 aromatic heterocycles. The van der Waals surface area contributed by atoms with Crippen molar-refractivity contribution in [1.29, 1.82) is 0 Å². The summed E-state index contributed by atoms with van der Waals surface area (Å²) in [5.41, 5.74) is 11.0. The molecule has 0 saturated heterocycles. The standard InChI is InChI=1S/C30H28N6O3/c1-18(2)39-28-25(23(17-37)15-22-16-32-27-6-4-3-5-24(22)27)13-20(14-26(28)29(31)38)8-7-19-9-11-21(12-10-19)30-33-35-36-34-30/h3-6,9-14,16,18,23,32,37H,15,17H2,1-2H3,(H2,31,38)(H,33,34,35,36)/t23-/m0/s1. The van der Waals surface area contributed by atoms with Gasteiger partial charge in [0.2, 0.25) is 5.82 Å². The van der Waals surface area contributed by atoms with Gasteiger partial charge in [-0.25, -0.2) is 0 Å². The van der Waals surface area contributed by atoms with Gasteiger partial charge >= 0.3 is 0 Å². The minimum Gasteiger partial charge on any atom is -0.490 e. The van der Waals surface area contributed by atoms with Crippen molar-refractivity contribution in [2.45, 2.75) is 32.3 Å². The van der Waals surface area contributed by atoms with Crippen molar-refractivity contribution in [3.63, 3.8) is 0 Å². The number of para-hydroxylation sites is 1. The summed E-state index contributed by atoms with van der Waals surface area (Å²) in [6, 6.07) is 19.0. The smallest absolute Gasteiger partial charge is 0.252 e. The van der Waals surface area contributed by atoms with E-state index in [1.807, 2.05) is 74.6 Å². The highest BCUT2D eigenvalue weighted by molar-refractivity contribution is 5.96. The van der Waals surface area contributed by atoms with E-state index in [4.69, 9.17) is 10.5 Å². The monoisotopic (exact) mass is 520 g/mol. The summed E-state index contributed by atoms with van der Waals surface area (Å²) in [4.78, 5) is 15.8. The predicted octanol–water partition coefficient (Wildman–Crippen LogP) is 3.95. The van der Waals surface area contributed by atoms with Crippen LogP contribution in [0.4, 0.5) is 0 Å². The molecule has 9 nitrogen and oxygen atoms in total. The molecule has 0 aliphatic heterocycles. The highest BCUT2D eigenvalue weighted by atomic mass is 16.5. The molecular weight excluding hydrogens is 492 g/mol. The van der Waals surface area contributed by atoms with Crippen molar-refractivity contribution in [3.8, 4) is 29.0 Å². The average molecular weight is 521 g/mol. The zero-order chi connectivity index (χ0) is 27.4. The maximum absolute atomic E-state index is 12.5. The van der Waals surface area contributed by atoms with E-state index in [0.717, 1.165) is 27.6 Å². The number of aliphatic hydroxyl groups is 1. The number of carbonyl (C=O) groups excluding carboxylic acids is 1. The summed E-state index contributed by atoms with van der Waals surface area (Å²) >= 11 is 0. The van der Waals surface area contributed by atoms with Crippen LogP contribution in [-0.2, 0) is 6.42 Å². The van der Waals surface area contributed by atoms with Crippen LogP contribution in [0.15, 0.2) is 66.9 Å². The van der Waals surface area contributed by atoms with Gasteiger partial charge in [0.25, 0.3) is 5.91 Å². The van der Waals surface area contributed by atoms with Gasteiger partial charge in [0.1, 0.15) is 5.75 Å². The van der Waals surface area contributed by atoms with Crippen LogP contribution in [0.1, 0.15) is 52.4 Å². The minimum absolute atomic E-state index is 0.152. The Bertz CT molecular complexity index is 1660. The summed E-state index contributed by atoms with van der Waals surface area (Å²) < 4.78 is 6.11. The van der Waals surface area contributed by atoms with Crippen LogP contribution in [0.25, 0.3) is 22.3 Å². The lowest BCUT2D eigenvalue weighted by Gasteiger charge is -2.23. The van der Waals surface area contributed by atoms with Crippen molar-refractivity contribution in [1.82, 2.24) is 25.6 Å². The van der Waals surface area contributed by atoms with E-state index in [-0.39, 0.29) is 24.2 Å². The Balaban J connectivity index is 1.54. The van der Waals surface area contributed by atoms with Gasteiger partial charge in [-0.2, -0.15) is 5.21 Å². The normalized spacial score (nSPS) is 11.8. The first-order valence-electron chi connectivity index (χ1n) is 12.6. The zero-order valence-corrected chi connectivity index (χ0v) is 21.6. The van der Waals surface area contributed by atoms with E-state index in [2.05, 4.69) is 37.4 Å². The second kappa shape index (κ2) is 11.2. The molecule has 5 N–H and O–H groups in total. The number of aromatic amines is 2. The molecule has 0 fully saturated rings. The van der Waals surface area contributed by atoms with Gasteiger partial charge in [0, 0.05) is 45.3 Å². The van der Waals surface area contributed by atoms with Crippen molar-refractivity contribution in [2.75, 3.05) is 6.61 Å². The summed E-state index contributed by atoms with van der Waals surface area (Å²) in [6.07, 6.45) is 2.28. The molecule has 196 valence electrons. The van der Waals surface area contributed by atoms with E-state index >= 15 is 0 Å². The van der Waals surface area contributed by atoms with Crippen molar-refractivity contribution in [2.24, 2.45) is 5.73 Å². The second-order valence-electron chi connectivity index (χ2n) is 9.48. The van der Waals surface area contributed by atoms with Crippen LogP contribution in [-0.4, -0.2) is 49.3 Å². The Morgan fingerprint density at radius 3 is 2.54 bits per heavy atom. The second-order valence-corrected chi connectivity index (χ2v) is 9.48.